The molecule has 1 aromatic carbocycles. The van der Waals surface area contributed by atoms with Crippen LogP contribution in [-0.4, -0.2) is 43.3 Å². The average Bonchev–Trinajstić information content (AvgIpc) is 3.29. The molecule has 30 heavy (non-hydrogen) atoms. The van der Waals surface area contributed by atoms with Gasteiger partial charge in [-0.1, -0.05) is 44.7 Å². The largest absolute Gasteiger partial charge is 0.496 e. The minimum Gasteiger partial charge on any atom is -0.496 e. The van der Waals surface area contributed by atoms with Gasteiger partial charge in [0.2, 0.25) is 5.91 Å². The van der Waals surface area contributed by atoms with E-state index in [4.69, 9.17) is 4.74 Å². The molecule has 9 heteroatoms. The molecule has 0 unspecified atom stereocenters. The van der Waals surface area contributed by atoms with Crippen molar-refractivity contribution in [1.29, 1.82) is 0 Å². The Morgan fingerprint density at radius 3 is 2.60 bits per heavy atom. The van der Waals surface area contributed by atoms with Crippen molar-refractivity contribution >= 4 is 23.5 Å². The Hall–Kier alpha value is -2.81. The zero-order valence-electron chi connectivity index (χ0n) is 18.3. The number of hydrogen-bond acceptors (Lipinski definition) is 6. The highest BCUT2D eigenvalue weighted by Crippen LogP contribution is 2.31. The molecule has 0 radical (unpaired) electrons. The summed E-state index contributed by atoms with van der Waals surface area (Å²) in [5, 5.41) is 16.7. The molecular weight excluding hydrogens is 400 g/mol. The van der Waals surface area contributed by atoms with Crippen molar-refractivity contribution < 1.29 is 9.53 Å². The van der Waals surface area contributed by atoms with Crippen LogP contribution in [0.5, 0.6) is 5.75 Å². The minimum atomic E-state index is -0.118. The molecule has 0 aliphatic heterocycles. The number of hydrogen-bond donors (Lipinski definition) is 1. The summed E-state index contributed by atoms with van der Waals surface area (Å²) in [6.45, 7) is 8.98. The van der Waals surface area contributed by atoms with Gasteiger partial charge in [-0.05, 0) is 19.1 Å². The van der Waals surface area contributed by atoms with Crippen molar-refractivity contribution in [3.8, 4) is 17.1 Å². The number of amides is 1. The lowest BCUT2D eigenvalue weighted by atomic mass is 9.92. The van der Waals surface area contributed by atoms with E-state index < -0.39 is 0 Å². The third-order valence-electron chi connectivity index (χ3n) is 4.63. The third-order valence-corrected chi connectivity index (χ3v) is 5.60. The molecule has 0 saturated heterocycles. The van der Waals surface area contributed by atoms with Gasteiger partial charge in [-0.2, -0.15) is 5.10 Å². The van der Waals surface area contributed by atoms with Crippen molar-refractivity contribution in [2.45, 2.75) is 44.8 Å². The predicted molar refractivity (Wildman–Crippen MR) is 119 cm³/mol. The molecule has 0 fully saturated rings. The van der Waals surface area contributed by atoms with Crippen molar-refractivity contribution in [1.82, 2.24) is 24.5 Å². The molecule has 0 bridgehead atoms. The number of benzene rings is 1. The SMILES string of the molecule is CCn1c(SCC(=O)Nc2cc(C(C)(C)C)nn2C)nnc1-c1ccccc1OC. The summed E-state index contributed by atoms with van der Waals surface area (Å²) in [6, 6.07) is 9.61. The predicted octanol–water partition coefficient (Wildman–Crippen LogP) is 3.74. The van der Waals surface area contributed by atoms with E-state index in [1.165, 1.54) is 11.8 Å². The Bertz CT molecular complexity index is 1030. The van der Waals surface area contributed by atoms with Gasteiger partial charge in [-0.15, -0.1) is 10.2 Å². The fourth-order valence-electron chi connectivity index (χ4n) is 2.97. The average molecular weight is 429 g/mol. The maximum absolute atomic E-state index is 12.5. The van der Waals surface area contributed by atoms with Gasteiger partial charge in [0, 0.05) is 25.1 Å². The molecule has 1 amide bonds. The van der Waals surface area contributed by atoms with Gasteiger partial charge in [0.1, 0.15) is 11.6 Å². The molecule has 1 N–H and O–H groups in total. The molecule has 2 heterocycles. The Morgan fingerprint density at radius 1 is 1.23 bits per heavy atom. The molecule has 3 rings (SSSR count). The van der Waals surface area contributed by atoms with Gasteiger partial charge in [0.15, 0.2) is 11.0 Å². The van der Waals surface area contributed by atoms with E-state index in [2.05, 4.69) is 41.4 Å². The second-order valence-electron chi connectivity index (χ2n) is 7.88. The third kappa shape index (κ3) is 4.67. The van der Waals surface area contributed by atoms with Gasteiger partial charge < -0.3 is 14.6 Å². The highest BCUT2D eigenvalue weighted by Gasteiger charge is 2.21. The fourth-order valence-corrected chi connectivity index (χ4v) is 3.77. The molecule has 2 aromatic heterocycles. The normalized spacial score (nSPS) is 11.5. The van der Waals surface area contributed by atoms with Crippen LogP contribution in [0.2, 0.25) is 0 Å². The number of methoxy groups -OCH3 is 1. The van der Waals surface area contributed by atoms with Crippen molar-refractivity contribution in [2.24, 2.45) is 7.05 Å². The topological polar surface area (TPSA) is 86.9 Å². The van der Waals surface area contributed by atoms with Gasteiger partial charge in [0.05, 0.1) is 24.1 Å². The Balaban J connectivity index is 1.71. The smallest absolute Gasteiger partial charge is 0.235 e. The second kappa shape index (κ2) is 8.91. The van der Waals surface area contributed by atoms with Crippen LogP contribution in [-0.2, 0) is 23.8 Å². The van der Waals surface area contributed by atoms with Gasteiger partial charge in [-0.3, -0.25) is 9.48 Å². The van der Waals surface area contributed by atoms with E-state index in [0.717, 1.165) is 22.8 Å². The lowest BCUT2D eigenvalue weighted by molar-refractivity contribution is -0.113. The fraction of sp³-hybridized carbons (Fsp3) is 0.429. The number of para-hydroxylation sites is 1. The van der Waals surface area contributed by atoms with Crippen molar-refractivity contribution in [3.63, 3.8) is 0 Å². The number of nitrogens with zero attached hydrogens (tertiary/aromatic N) is 5. The molecule has 0 saturated carbocycles. The number of thioether (sulfide) groups is 1. The van der Waals surface area contributed by atoms with Crippen LogP contribution in [0.25, 0.3) is 11.4 Å². The van der Waals surface area contributed by atoms with E-state index in [1.807, 2.05) is 48.9 Å². The zero-order chi connectivity index (χ0) is 21.9. The lowest BCUT2D eigenvalue weighted by Crippen LogP contribution is -2.16. The molecule has 0 aliphatic rings. The van der Waals surface area contributed by atoms with Crippen molar-refractivity contribution in [2.75, 3.05) is 18.2 Å². The number of aryl methyl sites for hydroxylation is 1. The van der Waals surface area contributed by atoms with E-state index in [9.17, 15) is 4.79 Å². The number of carbonyl (C=O) groups excluding carboxylic acids is 1. The first kappa shape index (κ1) is 21.9. The Morgan fingerprint density at radius 2 is 1.97 bits per heavy atom. The van der Waals surface area contributed by atoms with Gasteiger partial charge in [-0.25, -0.2) is 0 Å². The Labute approximate surface area is 181 Å². The summed E-state index contributed by atoms with van der Waals surface area (Å²) in [6.07, 6.45) is 0. The molecule has 0 spiro atoms. The van der Waals surface area contributed by atoms with Crippen LogP contribution in [0, 0.1) is 0 Å². The number of aromatic nitrogens is 5. The first-order chi connectivity index (χ1) is 14.2. The van der Waals surface area contributed by atoms with Crippen LogP contribution >= 0.6 is 11.8 Å². The quantitative estimate of drug-likeness (QED) is 0.577. The monoisotopic (exact) mass is 428 g/mol. The zero-order valence-corrected chi connectivity index (χ0v) is 19.1. The second-order valence-corrected chi connectivity index (χ2v) is 8.82. The summed E-state index contributed by atoms with van der Waals surface area (Å²) in [4.78, 5) is 12.5. The summed E-state index contributed by atoms with van der Waals surface area (Å²) in [7, 11) is 3.46. The van der Waals surface area contributed by atoms with E-state index in [0.29, 0.717) is 17.5 Å². The summed E-state index contributed by atoms with van der Waals surface area (Å²) in [5.74, 6) is 2.24. The molecular formula is C21H28N6O2S. The van der Waals surface area contributed by atoms with Crippen LogP contribution in [0.1, 0.15) is 33.4 Å². The number of nitrogens with one attached hydrogen (secondary N) is 1. The Kier molecular flexibility index (Phi) is 6.50. The first-order valence-electron chi connectivity index (χ1n) is 9.78. The van der Waals surface area contributed by atoms with Crippen LogP contribution in [0.4, 0.5) is 5.82 Å². The number of ether oxygens (including phenoxy) is 1. The molecule has 8 nitrogen and oxygen atoms in total. The van der Waals surface area contributed by atoms with Gasteiger partial charge >= 0.3 is 0 Å². The number of carbonyl (C=O) groups is 1. The van der Waals surface area contributed by atoms with E-state index in [-0.39, 0.29) is 17.1 Å². The molecule has 3 aromatic rings. The maximum atomic E-state index is 12.5. The number of anilines is 1. The van der Waals surface area contributed by atoms with E-state index in [1.54, 1.807) is 11.8 Å². The molecule has 0 aliphatic carbocycles. The highest BCUT2D eigenvalue weighted by atomic mass is 32.2. The van der Waals surface area contributed by atoms with Crippen LogP contribution in [0.3, 0.4) is 0 Å². The maximum Gasteiger partial charge on any atom is 0.235 e. The summed E-state index contributed by atoms with van der Waals surface area (Å²) in [5.41, 5.74) is 1.72. The lowest BCUT2D eigenvalue weighted by Gasteiger charge is -2.13. The number of rotatable bonds is 7. The standard InChI is InChI=1S/C21H28N6O2S/c1-7-27-19(14-10-8-9-11-15(14)29-6)23-24-20(27)30-13-18(28)22-17-12-16(21(2,3)4)25-26(17)5/h8-12H,7,13H2,1-6H3,(H,22,28). The minimum absolute atomic E-state index is 0.0814. The summed E-state index contributed by atoms with van der Waals surface area (Å²) >= 11 is 1.35. The highest BCUT2D eigenvalue weighted by molar-refractivity contribution is 7.99. The summed E-state index contributed by atoms with van der Waals surface area (Å²) < 4.78 is 9.13. The van der Waals surface area contributed by atoms with Gasteiger partial charge in [0.25, 0.3) is 0 Å². The van der Waals surface area contributed by atoms with Crippen LogP contribution < -0.4 is 10.1 Å². The first-order valence-corrected chi connectivity index (χ1v) is 10.8. The van der Waals surface area contributed by atoms with E-state index >= 15 is 0 Å². The molecule has 0 atom stereocenters. The molecule has 160 valence electrons. The van der Waals surface area contributed by atoms with Crippen molar-refractivity contribution in [3.05, 3.63) is 36.0 Å². The van der Waals surface area contributed by atoms with Crippen LogP contribution in [0.15, 0.2) is 35.5 Å².